The van der Waals surface area contributed by atoms with Crippen LogP contribution in [-0.4, -0.2) is 14.7 Å². The van der Waals surface area contributed by atoms with E-state index in [-0.39, 0.29) is 28.7 Å². The Kier molecular flexibility index (Phi) is 4.87. The molecule has 0 fully saturated rings. The van der Waals surface area contributed by atoms with Gasteiger partial charge in [-0.1, -0.05) is 40.3 Å². The number of halogens is 2. The molecule has 0 aliphatic carbocycles. The number of pyridine rings is 1. The molecule has 2 N–H and O–H groups in total. The van der Waals surface area contributed by atoms with E-state index < -0.39 is 5.56 Å². The van der Waals surface area contributed by atoms with Crippen molar-refractivity contribution in [2.75, 3.05) is 0 Å². The first-order valence-corrected chi connectivity index (χ1v) is 8.62. The van der Waals surface area contributed by atoms with Crippen LogP contribution in [-0.2, 0) is 13.6 Å². The molecule has 25 heavy (non-hydrogen) atoms. The minimum atomic E-state index is -0.399. The summed E-state index contributed by atoms with van der Waals surface area (Å²) in [6, 6.07) is 11.3. The number of aromatic hydroxyl groups is 1. The first kappa shape index (κ1) is 17.6. The number of aromatic nitrogens is 1. The van der Waals surface area contributed by atoms with Crippen molar-refractivity contribution in [1.82, 2.24) is 9.88 Å². The molecule has 0 unspecified atom stereocenters. The number of benzene rings is 2. The molecule has 0 saturated heterocycles. The van der Waals surface area contributed by atoms with Gasteiger partial charge >= 0.3 is 0 Å². The summed E-state index contributed by atoms with van der Waals surface area (Å²) in [5, 5.41) is 14.0. The third kappa shape index (κ3) is 3.43. The molecule has 0 saturated carbocycles. The van der Waals surface area contributed by atoms with Gasteiger partial charge in [-0.05, 0) is 35.9 Å². The van der Waals surface area contributed by atoms with E-state index in [4.69, 9.17) is 12.2 Å². The molecule has 7 heteroatoms. The fourth-order valence-electron chi connectivity index (χ4n) is 2.63. The zero-order chi connectivity index (χ0) is 18.1. The number of hydrogen-bond acceptors (Lipinski definition) is 3. The van der Waals surface area contributed by atoms with Gasteiger partial charge in [-0.25, -0.2) is 4.39 Å². The average molecular weight is 421 g/mol. The van der Waals surface area contributed by atoms with Gasteiger partial charge in [0, 0.05) is 23.5 Å². The lowest BCUT2D eigenvalue weighted by molar-refractivity contribution is 0.478. The first-order chi connectivity index (χ1) is 11.9. The Labute approximate surface area is 157 Å². The van der Waals surface area contributed by atoms with Gasteiger partial charge in [0.25, 0.3) is 5.56 Å². The van der Waals surface area contributed by atoms with Gasteiger partial charge in [0.2, 0.25) is 0 Å². The van der Waals surface area contributed by atoms with Crippen molar-refractivity contribution in [2.45, 2.75) is 6.54 Å². The molecule has 0 atom stereocenters. The fourth-order valence-corrected chi connectivity index (χ4v) is 3.24. The van der Waals surface area contributed by atoms with E-state index in [9.17, 15) is 14.3 Å². The van der Waals surface area contributed by atoms with Crippen LogP contribution in [0.4, 0.5) is 4.39 Å². The topological polar surface area (TPSA) is 54.3 Å². The lowest BCUT2D eigenvalue weighted by Crippen LogP contribution is -2.31. The lowest BCUT2D eigenvalue weighted by Gasteiger charge is -2.14. The summed E-state index contributed by atoms with van der Waals surface area (Å²) in [5.41, 5.74) is 0.910. The van der Waals surface area contributed by atoms with Crippen LogP contribution in [0, 0.1) is 5.82 Å². The summed E-state index contributed by atoms with van der Waals surface area (Å²) in [7, 11) is 1.62. The molecule has 128 valence electrons. The zero-order valence-corrected chi connectivity index (χ0v) is 15.6. The standard InChI is InChI=1S/C18H14BrFN2O2S/c1-22-14-6-5-11(19)8-13(14)16(23)15(18(22)24)17(25)21-9-10-3-2-4-12(20)7-10/h2-8,23H,9H2,1H3,(H,21,25). The molecule has 1 aromatic heterocycles. The van der Waals surface area contributed by atoms with E-state index in [2.05, 4.69) is 21.2 Å². The molecule has 0 radical (unpaired) electrons. The molecule has 0 aliphatic heterocycles. The van der Waals surface area contributed by atoms with Crippen LogP contribution in [0.3, 0.4) is 0 Å². The number of rotatable bonds is 3. The molecule has 0 aliphatic rings. The van der Waals surface area contributed by atoms with Crippen molar-refractivity contribution in [3.8, 4) is 5.75 Å². The summed E-state index contributed by atoms with van der Waals surface area (Å²) in [5.74, 6) is -0.518. The summed E-state index contributed by atoms with van der Waals surface area (Å²) in [4.78, 5) is 12.7. The van der Waals surface area contributed by atoms with Crippen LogP contribution < -0.4 is 10.9 Å². The van der Waals surface area contributed by atoms with E-state index in [0.29, 0.717) is 16.5 Å². The number of fused-ring (bicyclic) bond motifs is 1. The van der Waals surface area contributed by atoms with Gasteiger partial charge in [-0.15, -0.1) is 0 Å². The highest BCUT2D eigenvalue weighted by atomic mass is 79.9. The van der Waals surface area contributed by atoms with Gasteiger partial charge in [-0.2, -0.15) is 0 Å². The summed E-state index contributed by atoms with van der Waals surface area (Å²) in [6.07, 6.45) is 0. The Morgan fingerprint density at radius 1 is 1.32 bits per heavy atom. The molecule has 0 amide bonds. The molecule has 3 rings (SSSR count). The molecule has 1 heterocycles. The van der Waals surface area contributed by atoms with Crippen LogP contribution >= 0.6 is 28.1 Å². The Hall–Kier alpha value is -2.25. The van der Waals surface area contributed by atoms with Crippen LogP contribution in [0.5, 0.6) is 5.75 Å². The maximum absolute atomic E-state index is 13.2. The minimum Gasteiger partial charge on any atom is -0.506 e. The van der Waals surface area contributed by atoms with Crippen molar-refractivity contribution in [3.05, 3.63) is 74.2 Å². The monoisotopic (exact) mass is 420 g/mol. The van der Waals surface area contributed by atoms with Crippen molar-refractivity contribution < 1.29 is 9.50 Å². The molecule has 0 spiro atoms. The largest absolute Gasteiger partial charge is 0.506 e. The normalized spacial score (nSPS) is 10.8. The number of thiocarbonyl (C=S) groups is 1. The molecule has 4 nitrogen and oxygen atoms in total. The van der Waals surface area contributed by atoms with Gasteiger partial charge in [0.1, 0.15) is 22.1 Å². The van der Waals surface area contributed by atoms with Gasteiger partial charge in [0.15, 0.2) is 0 Å². The highest BCUT2D eigenvalue weighted by Crippen LogP contribution is 2.28. The van der Waals surface area contributed by atoms with Crippen molar-refractivity contribution >= 4 is 44.0 Å². The number of aryl methyl sites for hydroxylation is 1. The third-order valence-corrected chi connectivity index (χ3v) is 4.74. The predicted octanol–water partition coefficient (Wildman–Crippen LogP) is 3.61. The van der Waals surface area contributed by atoms with Crippen LogP contribution in [0.15, 0.2) is 51.7 Å². The minimum absolute atomic E-state index is 0.0273. The molecular weight excluding hydrogens is 407 g/mol. The second-order valence-electron chi connectivity index (χ2n) is 5.56. The maximum Gasteiger partial charge on any atom is 0.264 e. The first-order valence-electron chi connectivity index (χ1n) is 7.42. The molecule has 3 aromatic rings. The van der Waals surface area contributed by atoms with Gasteiger partial charge in [0.05, 0.1) is 5.52 Å². The smallest absolute Gasteiger partial charge is 0.264 e. The van der Waals surface area contributed by atoms with E-state index in [1.165, 1.54) is 16.7 Å². The SMILES string of the molecule is Cn1c(=O)c(C(=S)NCc2cccc(F)c2)c(O)c2cc(Br)ccc21. The molecular formula is C18H14BrFN2O2S. The third-order valence-electron chi connectivity index (χ3n) is 3.90. The van der Waals surface area contributed by atoms with Crippen LogP contribution in [0.2, 0.25) is 0 Å². The second kappa shape index (κ2) is 6.93. The highest BCUT2D eigenvalue weighted by molar-refractivity contribution is 9.10. The van der Waals surface area contributed by atoms with Gasteiger partial charge < -0.3 is 15.0 Å². The van der Waals surface area contributed by atoms with E-state index in [1.807, 2.05) is 0 Å². The van der Waals surface area contributed by atoms with E-state index in [0.717, 1.165) is 4.47 Å². The zero-order valence-electron chi connectivity index (χ0n) is 13.2. The summed E-state index contributed by atoms with van der Waals surface area (Å²) in [6.45, 7) is 0.246. The van der Waals surface area contributed by atoms with Crippen molar-refractivity contribution in [1.29, 1.82) is 0 Å². The Bertz CT molecular complexity index is 1050. The Morgan fingerprint density at radius 2 is 2.08 bits per heavy atom. The number of hydrogen-bond donors (Lipinski definition) is 2. The van der Waals surface area contributed by atoms with E-state index in [1.54, 1.807) is 37.4 Å². The average Bonchev–Trinajstić information content (AvgIpc) is 2.58. The molecule has 0 bridgehead atoms. The van der Waals surface area contributed by atoms with Crippen molar-refractivity contribution in [2.24, 2.45) is 7.05 Å². The van der Waals surface area contributed by atoms with Crippen molar-refractivity contribution in [3.63, 3.8) is 0 Å². The quantitative estimate of drug-likeness (QED) is 0.635. The fraction of sp³-hybridized carbons (Fsp3) is 0.111. The second-order valence-corrected chi connectivity index (χ2v) is 6.89. The predicted molar refractivity (Wildman–Crippen MR) is 103 cm³/mol. The summed E-state index contributed by atoms with van der Waals surface area (Å²) < 4.78 is 15.5. The van der Waals surface area contributed by atoms with Crippen LogP contribution in [0.25, 0.3) is 10.9 Å². The summed E-state index contributed by atoms with van der Waals surface area (Å²) >= 11 is 8.65. The van der Waals surface area contributed by atoms with Crippen LogP contribution in [0.1, 0.15) is 11.1 Å². The van der Waals surface area contributed by atoms with Gasteiger partial charge in [-0.3, -0.25) is 4.79 Å². The molecule has 2 aromatic carbocycles. The Morgan fingerprint density at radius 3 is 2.80 bits per heavy atom. The van der Waals surface area contributed by atoms with E-state index >= 15 is 0 Å². The highest BCUT2D eigenvalue weighted by Gasteiger charge is 2.18. The lowest BCUT2D eigenvalue weighted by atomic mass is 10.1. The Balaban J connectivity index is 2.00. The maximum atomic E-state index is 13.2. The number of nitrogens with zero attached hydrogens (tertiary/aromatic N) is 1. The number of nitrogens with one attached hydrogen (secondary N) is 1.